The second-order valence-electron chi connectivity index (χ2n) is 5.51. The summed E-state index contributed by atoms with van der Waals surface area (Å²) in [7, 11) is 13.5. The van der Waals surface area contributed by atoms with E-state index < -0.39 is 0 Å². The van der Waals surface area contributed by atoms with Crippen molar-refractivity contribution in [1.82, 2.24) is 0 Å². The summed E-state index contributed by atoms with van der Waals surface area (Å²) < 4.78 is 22.7. The molecule has 0 fully saturated rings. The van der Waals surface area contributed by atoms with Crippen LogP contribution in [0.25, 0.3) is 0 Å². The van der Waals surface area contributed by atoms with Gasteiger partial charge in [-0.25, -0.2) is 0 Å². The summed E-state index contributed by atoms with van der Waals surface area (Å²) in [6.07, 6.45) is 2.42. The zero-order valence-corrected chi connectivity index (χ0v) is 22.0. The Morgan fingerprint density at radius 3 is 1.25 bits per heavy atom. The summed E-state index contributed by atoms with van der Waals surface area (Å²) in [6, 6.07) is 2.50. The molecule has 0 aliphatic heterocycles. The maximum absolute atomic E-state index is 5.68. The first-order valence-electron chi connectivity index (χ1n) is 8.36. The van der Waals surface area contributed by atoms with Crippen LogP contribution in [-0.4, -0.2) is 69.8 Å². The van der Waals surface area contributed by atoms with Gasteiger partial charge >= 0.3 is 0 Å². The van der Waals surface area contributed by atoms with Crippen LogP contribution in [0.4, 0.5) is 0 Å². The minimum Gasteiger partial charge on any atom is -0.357 e. The van der Waals surface area contributed by atoms with Crippen molar-refractivity contribution in [3.8, 4) is 0 Å². The molecular formula is C14H34O4S4Si2. The van der Waals surface area contributed by atoms with Gasteiger partial charge in [-0.3, -0.25) is 0 Å². The number of ether oxygens (including phenoxy) is 4. The topological polar surface area (TPSA) is 36.9 Å². The summed E-state index contributed by atoms with van der Waals surface area (Å²) in [4.78, 5) is 0. The van der Waals surface area contributed by atoms with Gasteiger partial charge in [0.15, 0.2) is 10.8 Å². The summed E-state index contributed by atoms with van der Waals surface area (Å²) in [5.41, 5.74) is -0.647. The smallest absolute Gasteiger partial charge is 0.153 e. The number of hydrogen-bond acceptors (Lipinski definition) is 8. The Balaban J connectivity index is 4.09. The minimum absolute atomic E-state index is 0.324. The lowest BCUT2D eigenvalue weighted by atomic mass is 10.6. The second kappa shape index (κ2) is 15.7. The minimum atomic E-state index is -0.390. The molecule has 0 spiro atoms. The Morgan fingerprint density at radius 2 is 1.00 bits per heavy atom. The van der Waals surface area contributed by atoms with E-state index in [1.807, 2.05) is 21.6 Å². The first-order chi connectivity index (χ1) is 11.6. The van der Waals surface area contributed by atoms with Crippen molar-refractivity contribution < 1.29 is 18.9 Å². The molecule has 0 aromatic carbocycles. The lowest BCUT2D eigenvalue weighted by molar-refractivity contribution is -0.127. The van der Waals surface area contributed by atoms with Crippen molar-refractivity contribution in [2.45, 2.75) is 49.6 Å². The molecule has 0 bridgehead atoms. The first-order valence-corrected chi connectivity index (χ1v) is 16.9. The molecule has 146 valence electrons. The normalized spacial score (nSPS) is 13.8. The van der Waals surface area contributed by atoms with Crippen LogP contribution < -0.4 is 0 Å². The van der Waals surface area contributed by atoms with Crippen molar-refractivity contribution >= 4 is 60.3 Å². The predicted octanol–water partition coefficient (Wildman–Crippen LogP) is 3.55. The van der Waals surface area contributed by atoms with Crippen LogP contribution in [0.15, 0.2) is 0 Å². The SMILES string of the molecule is CCC[SiH2]C(CSSSSCC(OC)(OC)[SiH2]CCC)(OC)OC. The van der Waals surface area contributed by atoms with Crippen LogP contribution in [-0.2, 0) is 18.9 Å². The summed E-state index contributed by atoms with van der Waals surface area (Å²) in [5.74, 6) is 1.77. The molecule has 0 aliphatic carbocycles. The monoisotopic (exact) mass is 450 g/mol. The summed E-state index contributed by atoms with van der Waals surface area (Å²) >= 11 is 0. The highest BCUT2D eigenvalue weighted by Crippen LogP contribution is 2.45. The maximum Gasteiger partial charge on any atom is 0.153 e. The first kappa shape index (κ1) is 25.7. The zero-order chi connectivity index (χ0) is 18.3. The fourth-order valence-corrected chi connectivity index (χ4v) is 13.7. The molecule has 0 aliphatic rings. The van der Waals surface area contributed by atoms with Crippen molar-refractivity contribution in [1.29, 1.82) is 0 Å². The molecule has 0 atom stereocenters. The van der Waals surface area contributed by atoms with Gasteiger partial charge in [0.2, 0.25) is 0 Å². The molecule has 0 rings (SSSR count). The average molecular weight is 451 g/mol. The van der Waals surface area contributed by atoms with Gasteiger partial charge in [-0.1, -0.05) is 60.4 Å². The fraction of sp³-hybridized carbons (Fsp3) is 1.00. The van der Waals surface area contributed by atoms with E-state index in [4.69, 9.17) is 18.9 Å². The van der Waals surface area contributed by atoms with Crippen molar-refractivity contribution in [3.63, 3.8) is 0 Å². The molecule has 24 heavy (non-hydrogen) atoms. The lowest BCUT2D eigenvalue weighted by Crippen LogP contribution is -2.43. The van der Waals surface area contributed by atoms with E-state index in [1.54, 1.807) is 48.1 Å². The van der Waals surface area contributed by atoms with Gasteiger partial charge in [-0.05, 0) is 19.7 Å². The average Bonchev–Trinajstić information content (AvgIpc) is 2.63. The third-order valence-corrected chi connectivity index (χ3v) is 16.6. The Bertz CT molecular complexity index is 268. The van der Waals surface area contributed by atoms with Gasteiger partial charge in [0.05, 0.1) is 30.5 Å². The molecule has 0 saturated heterocycles. The van der Waals surface area contributed by atoms with Gasteiger partial charge in [0.25, 0.3) is 0 Å². The molecule has 0 N–H and O–H groups in total. The van der Waals surface area contributed by atoms with E-state index in [9.17, 15) is 0 Å². The molecule has 0 heterocycles. The lowest BCUT2D eigenvalue weighted by Gasteiger charge is -2.31. The largest absolute Gasteiger partial charge is 0.357 e. The predicted molar refractivity (Wildman–Crippen MR) is 121 cm³/mol. The van der Waals surface area contributed by atoms with Gasteiger partial charge in [-0.2, -0.15) is 0 Å². The molecular weight excluding hydrogens is 417 g/mol. The van der Waals surface area contributed by atoms with Crippen LogP contribution in [0.3, 0.4) is 0 Å². The molecule has 0 aromatic heterocycles. The maximum atomic E-state index is 5.68. The molecule has 0 radical (unpaired) electrons. The van der Waals surface area contributed by atoms with Crippen LogP contribution in [0.5, 0.6) is 0 Å². The molecule has 10 heteroatoms. The van der Waals surface area contributed by atoms with Gasteiger partial charge in [0, 0.05) is 28.4 Å². The van der Waals surface area contributed by atoms with Crippen LogP contribution in [0, 0.1) is 0 Å². The molecule has 4 nitrogen and oxygen atoms in total. The highest BCUT2D eigenvalue weighted by atomic mass is 33.7. The van der Waals surface area contributed by atoms with E-state index >= 15 is 0 Å². The molecule has 0 unspecified atom stereocenters. The molecule has 0 amide bonds. The highest BCUT2D eigenvalue weighted by molar-refractivity contribution is 9.26. The highest BCUT2D eigenvalue weighted by Gasteiger charge is 2.30. The zero-order valence-electron chi connectivity index (χ0n) is 15.9. The van der Waals surface area contributed by atoms with E-state index in [0.717, 1.165) is 11.5 Å². The van der Waals surface area contributed by atoms with Crippen molar-refractivity contribution in [2.24, 2.45) is 0 Å². The Morgan fingerprint density at radius 1 is 0.667 bits per heavy atom. The number of methoxy groups -OCH3 is 4. The third kappa shape index (κ3) is 10.1. The fourth-order valence-electron chi connectivity index (χ4n) is 2.11. The molecule has 0 saturated carbocycles. The van der Waals surface area contributed by atoms with Crippen LogP contribution in [0.2, 0.25) is 12.1 Å². The summed E-state index contributed by atoms with van der Waals surface area (Å²) in [6.45, 7) is 4.44. The second-order valence-corrected chi connectivity index (χ2v) is 16.1. The Labute approximate surface area is 168 Å². The molecule has 0 aromatic rings. The number of hydrogen-bond donors (Lipinski definition) is 0. The summed E-state index contributed by atoms with van der Waals surface area (Å²) in [5, 5.41) is 0. The van der Waals surface area contributed by atoms with Crippen molar-refractivity contribution in [3.05, 3.63) is 0 Å². The third-order valence-electron chi connectivity index (χ3n) is 3.99. The Hall–Kier alpha value is 1.67. The van der Waals surface area contributed by atoms with Crippen LogP contribution in [0.1, 0.15) is 26.7 Å². The number of rotatable bonds is 17. The van der Waals surface area contributed by atoms with E-state index in [0.29, 0.717) is 0 Å². The van der Waals surface area contributed by atoms with Crippen molar-refractivity contribution in [2.75, 3.05) is 39.9 Å². The Kier molecular flexibility index (Phi) is 16.8. The van der Waals surface area contributed by atoms with E-state index in [2.05, 4.69) is 13.8 Å². The van der Waals surface area contributed by atoms with Crippen LogP contribution >= 0.6 is 41.2 Å². The van der Waals surface area contributed by atoms with E-state index in [1.165, 1.54) is 24.9 Å². The van der Waals surface area contributed by atoms with Gasteiger partial charge in [-0.15, -0.1) is 0 Å². The van der Waals surface area contributed by atoms with E-state index in [-0.39, 0.29) is 29.9 Å². The van der Waals surface area contributed by atoms with Gasteiger partial charge in [0.1, 0.15) is 0 Å². The quantitative estimate of drug-likeness (QED) is 0.144. The van der Waals surface area contributed by atoms with Gasteiger partial charge < -0.3 is 18.9 Å². The standard InChI is InChI=1S/C14H34O4S4Si2/c1-7-9-23-13(15-3,16-4)11-19-21-22-20-12-14(17-5,18-6)24-10-8-2/h7-12,23-24H2,1-6H3.